The van der Waals surface area contributed by atoms with Crippen LogP contribution in [0.5, 0.6) is 0 Å². The van der Waals surface area contributed by atoms with Crippen molar-refractivity contribution in [1.29, 1.82) is 0 Å². The zero-order valence-corrected chi connectivity index (χ0v) is 28.9. The first-order valence-corrected chi connectivity index (χ1v) is 17.4. The second-order valence-electron chi connectivity index (χ2n) is 13.0. The molecular weight excluding hydrogens is 668 g/mol. The molecule has 13 heteroatoms. The Morgan fingerprint density at radius 1 is 0.827 bits per heavy atom. The first kappa shape index (κ1) is 34.6. The second kappa shape index (κ2) is 14.8. The third kappa shape index (κ3) is 6.78. The summed E-state index contributed by atoms with van der Waals surface area (Å²) in [6, 6.07) is 16.8. The number of halogens is 2. The Bertz CT molecular complexity index is 2100. The molecule has 5 aromatic rings. The van der Waals surface area contributed by atoms with Crippen LogP contribution in [0.15, 0.2) is 79.1 Å². The lowest BCUT2D eigenvalue weighted by molar-refractivity contribution is -0.134. The molecule has 2 aliphatic rings. The van der Waals surface area contributed by atoms with Gasteiger partial charge in [-0.1, -0.05) is 49.4 Å². The molecule has 0 bridgehead atoms. The van der Waals surface area contributed by atoms with E-state index in [0.29, 0.717) is 71.2 Å². The van der Waals surface area contributed by atoms with Crippen LogP contribution in [0.1, 0.15) is 74.4 Å². The third-order valence-corrected chi connectivity index (χ3v) is 9.91. The van der Waals surface area contributed by atoms with Crippen molar-refractivity contribution in [3.8, 4) is 33.6 Å². The van der Waals surface area contributed by atoms with Gasteiger partial charge >= 0.3 is 6.09 Å². The Labute approximate surface area is 299 Å². The summed E-state index contributed by atoms with van der Waals surface area (Å²) < 4.78 is 36.0. The Morgan fingerprint density at radius 2 is 1.37 bits per heavy atom. The molecule has 11 nitrogen and oxygen atoms in total. The Kier molecular flexibility index (Phi) is 9.84. The molecule has 52 heavy (non-hydrogen) atoms. The molecule has 0 unspecified atom stereocenters. The summed E-state index contributed by atoms with van der Waals surface area (Å²) in [4.78, 5) is 57.3. The van der Waals surface area contributed by atoms with Gasteiger partial charge in [0.15, 0.2) is 0 Å². The number of carbonyl (C=O) groups is 3. The van der Waals surface area contributed by atoms with Gasteiger partial charge in [0.2, 0.25) is 5.91 Å². The molecule has 3 atom stereocenters. The highest BCUT2D eigenvalue weighted by Gasteiger charge is 2.37. The van der Waals surface area contributed by atoms with Crippen molar-refractivity contribution in [2.75, 3.05) is 20.2 Å². The average molecular weight is 708 g/mol. The number of likely N-dealkylation sites (tertiary alicyclic amines) is 2. The lowest BCUT2D eigenvalue weighted by Gasteiger charge is -2.28. The van der Waals surface area contributed by atoms with E-state index in [9.17, 15) is 14.4 Å². The van der Waals surface area contributed by atoms with Crippen LogP contribution in [0.4, 0.5) is 13.6 Å². The van der Waals surface area contributed by atoms with Gasteiger partial charge in [-0.3, -0.25) is 9.59 Å². The van der Waals surface area contributed by atoms with Gasteiger partial charge in [-0.05, 0) is 66.6 Å². The standard InChI is InChI=1S/C39H39F2N7O4/c1-3-34(49)47-17-7-11-32(47)36-42-21-30(44-36)26-15-13-24(19-28(26)40)25-14-16-27(29(41)20-25)31-22-43-37(45-31)33-12-8-18-48(33)38(50)35(46-39(51)52-2)23-9-5-4-6-10-23/h4-6,9-10,13-16,19-22,32-33,35H,3,7-8,11-12,17-18H2,1-2H3,(H,42,44)(H,43,45)(H,46,51)/t32-,33-,35+/m0/s1. The van der Waals surface area contributed by atoms with E-state index < -0.39 is 29.8 Å². The Balaban J connectivity index is 1.07. The second-order valence-corrected chi connectivity index (χ2v) is 13.0. The number of nitrogens with zero attached hydrogens (tertiary/aromatic N) is 4. The van der Waals surface area contributed by atoms with Gasteiger partial charge in [-0.15, -0.1) is 0 Å². The smallest absolute Gasteiger partial charge is 0.407 e. The van der Waals surface area contributed by atoms with Crippen LogP contribution in [0, 0.1) is 11.6 Å². The van der Waals surface area contributed by atoms with Crippen LogP contribution in [0.25, 0.3) is 33.6 Å². The molecule has 2 aliphatic heterocycles. The predicted octanol–water partition coefficient (Wildman–Crippen LogP) is 7.25. The van der Waals surface area contributed by atoms with Crippen molar-refractivity contribution in [1.82, 2.24) is 35.1 Å². The van der Waals surface area contributed by atoms with Crippen LogP contribution < -0.4 is 5.32 Å². The van der Waals surface area contributed by atoms with Crippen molar-refractivity contribution >= 4 is 17.9 Å². The topological polar surface area (TPSA) is 136 Å². The molecule has 7 rings (SSSR count). The molecule has 0 aliphatic carbocycles. The van der Waals surface area contributed by atoms with Gasteiger partial charge < -0.3 is 29.8 Å². The fraction of sp³-hybridized carbons (Fsp3) is 0.308. The molecule has 268 valence electrons. The SMILES string of the molecule is CCC(=O)N1CCC[C@H]1c1ncc(-c2ccc(-c3ccc(-c4cnc([C@@H]5CCCN5C(=O)[C@H](NC(=O)OC)c5ccccc5)[nH]4)c(F)c3)cc2F)[nH]1. The zero-order valence-electron chi connectivity index (χ0n) is 28.9. The number of hydrogen-bond acceptors (Lipinski definition) is 6. The predicted molar refractivity (Wildman–Crippen MR) is 189 cm³/mol. The van der Waals surface area contributed by atoms with Gasteiger partial charge in [0.25, 0.3) is 5.91 Å². The molecule has 2 aromatic heterocycles. The summed E-state index contributed by atoms with van der Waals surface area (Å²) in [7, 11) is 1.24. The highest BCUT2D eigenvalue weighted by atomic mass is 19.1. The first-order valence-electron chi connectivity index (χ1n) is 17.4. The quantitative estimate of drug-likeness (QED) is 0.148. The van der Waals surface area contributed by atoms with E-state index in [4.69, 9.17) is 4.74 Å². The molecule has 2 saturated heterocycles. The van der Waals surface area contributed by atoms with Gasteiger partial charge in [0, 0.05) is 30.6 Å². The summed E-state index contributed by atoms with van der Waals surface area (Å²) in [5.74, 6) is -0.108. The number of rotatable bonds is 9. The van der Waals surface area contributed by atoms with Crippen molar-refractivity contribution in [3.63, 3.8) is 0 Å². The molecule has 2 fully saturated rings. The highest BCUT2D eigenvalue weighted by molar-refractivity contribution is 5.87. The summed E-state index contributed by atoms with van der Waals surface area (Å²) in [6.45, 7) is 2.98. The van der Waals surface area contributed by atoms with E-state index in [2.05, 4.69) is 25.3 Å². The fourth-order valence-corrected chi connectivity index (χ4v) is 7.25. The van der Waals surface area contributed by atoms with Crippen LogP contribution in [0.2, 0.25) is 0 Å². The monoisotopic (exact) mass is 707 g/mol. The van der Waals surface area contributed by atoms with Crippen molar-refractivity contribution in [3.05, 3.63) is 108 Å². The van der Waals surface area contributed by atoms with E-state index >= 15 is 8.78 Å². The van der Waals surface area contributed by atoms with Gasteiger partial charge in [-0.25, -0.2) is 23.5 Å². The number of amides is 3. The maximum Gasteiger partial charge on any atom is 0.407 e. The number of H-pyrrole nitrogens is 2. The summed E-state index contributed by atoms with van der Waals surface area (Å²) in [5, 5.41) is 2.65. The number of benzene rings is 3. The number of methoxy groups -OCH3 is 1. The van der Waals surface area contributed by atoms with E-state index in [1.54, 1.807) is 59.6 Å². The van der Waals surface area contributed by atoms with Crippen molar-refractivity contribution < 1.29 is 27.9 Å². The van der Waals surface area contributed by atoms with Gasteiger partial charge in [-0.2, -0.15) is 0 Å². The molecule has 0 radical (unpaired) electrons. The van der Waals surface area contributed by atoms with E-state index in [1.807, 2.05) is 17.9 Å². The summed E-state index contributed by atoms with van der Waals surface area (Å²) in [5.41, 5.74) is 3.15. The molecule has 3 aromatic carbocycles. The van der Waals surface area contributed by atoms with Crippen molar-refractivity contribution in [2.45, 2.75) is 57.2 Å². The summed E-state index contributed by atoms with van der Waals surface area (Å²) >= 11 is 0. The average Bonchev–Trinajstić information content (AvgIpc) is 4.00. The van der Waals surface area contributed by atoms with E-state index in [0.717, 1.165) is 19.3 Å². The number of nitrogens with one attached hydrogen (secondary N) is 3. The van der Waals surface area contributed by atoms with E-state index in [1.165, 1.54) is 25.4 Å². The number of carbonyl (C=O) groups excluding carboxylic acids is 3. The molecule has 0 saturated carbocycles. The fourth-order valence-electron chi connectivity index (χ4n) is 7.25. The van der Waals surface area contributed by atoms with Crippen LogP contribution in [0.3, 0.4) is 0 Å². The maximum absolute atomic E-state index is 15.7. The Hall–Kier alpha value is -5.85. The first-order chi connectivity index (χ1) is 25.2. The van der Waals surface area contributed by atoms with Crippen molar-refractivity contribution in [2.24, 2.45) is 0 Å². The molecular formula is C39H39F2N7O4. The number of aromatic amines is 2. The number of aromatic nitrogens is 4. The third-order valence-electron chi connectivity index (χ3n) is 9.91. The van der Waals surface area contributed by atoms with E-state index in [-0.39, 0.29) is 23.4 Å². The largest absolute Gasteiger partial charge is 0.453 e. The minimum Gasteiger partial charge on any atom is -0.453 e. The number of imidazole rings is 2. The normalized spacial score (nSPS) is 17.7. The number of ether oxygens (including phenoxy) is 1. The lowest BCUT2D eigenvalue weighted by Crippen LogP contribution is -2.42. The van der Waals surface area contributed by atoms with Gasteiger partial charge in [0.05, 0.1) is 43.0 Å². The molecule has 3 amide bonds. The zero-order chi connectivity index (χ0) is 36.4. The maximum atomic E-state index is 15.7. The lowest BCUT2D eigenvalue weighted by atomic mass is 10.00. The van der Waals surface area contributed by atoms with Crippen LogP contribution in [-0.4, -0.2) is 67.8 Å². The number of alkyl carbamates (subject to hydrolysis) is 1. The Morgan fingerprint density at radius 3 is 1.88 bits per heavy atom. The summed E-state index contributed by atoms with van der Waals surface area (Å²) in [6.07, 6.45) is 5.86. The molecule has 4 heterocycles. The minimum absolute atomic E-state index is 0.0678. The minimum atomic E-state index is -0.954. The van der Waals surface area contributed by atoms with Gasteiger partial charge in [0.1, 0.15) is 29.3 Å². The number of hydrogen-bond donors (Lipinski definition) is 3. The van der Waals surface area contributed by atoms with Crippen LogP contribution >= 0.6 is 0 Å². The molecule has 3 N–H and O–H groups in total. The highest BCUT2D eigenvalue weighted by Crippen LogP contribution is 2.36. The van der Waals surface area contributed by atoms with Crippen LogP contribution in [-0.2, 0) is 14.3 Å². The molecule has 0 spiro atoms.